The van der Waals surface area contributed by atoms with Crippen molar-refractivity contribution in [2.75, 3.05) is 38.8 Å². The van der Waals surface area contributed by atoms with E-state index in [1.54, 1.807) is 7.05 Å². The number of esters is 1. The average molecular weight is 460 g/mol. The van der Waals surface area contributed by atoms with Crippen molar-refractivity contribution >= 4 is 29.9 Å². The molecule has 33 heavy (non-hydrogen) atoms. The lowest BCUT2D eigenvalue weighted by molar-refractivity contribution is -0.108. The zero-order chi connectivity index (χ0) is 25.0. The second kappa shape index (κ2) is 13.0. The molecule has 1 aromatic carbocycles. The van der Waals surface area contributed by atoms with E-state index in [0.717, 1.165) is 17.5 Å². The van der Waals surface area contributed by atoms with E-state index in [-0.39, 0.29) is 17.6 Å². The number of nitrogens with one attached hydrogen (secondary N) is 1. The Balaban J connectivity index is 0.000000349. The van der Waals surface area contributed by atoms with Crippen LogP contribution >= 0.6 is 0 Å². The summed E-state index contributed by atoms with van der Waals surface area (Å²) in [5.41, 5.74) is 7.51. The van der Waals surface area contributed by atoms with Crippen LogP contribution in [-0.4, -0.2) is 66.6 Å². The number of nitrogens with two attached hydrogens (primary N) is 1. The van der Waals surface area contributed by atoms with Crippen LogP contribution in [-0.2, 0) is 14.3 Å². The van der Waals surface area contributed by atoms with Gasteiger partial charge in [-0.2, -0.15) is 0 Å². The molecule has 0 radical (unpaired) electrons. The Morgan fingerprint density at radius 1 is 1.27 bits per heavy atom. The first-order valence-corrected chi connectivity index (χ1v) is 10.4. The van der Waals surface area contributed by atoms with Gasteiger partial charge < -0.3 is 30.2 Å². The molecule has 10 nitrogen and oxygen atoms in total. The average Bonchev–Trinajstić information content (AvgIpc) is 2.78. The van der Waals surface area contributed by atoms with Crippen molar-refractivity contribution in [1.82, 2.24) is 14.9 Å². The Kier molecular flexibility index (Phi) is 10.8. The molecule has 180 valence electrons. The molecular formula is C23H33N5O5. The second-order valence-corrected chi connectivity index (χ2v) is 8.02. The van der Waals surface area contributed by atoms with Gasteiger partial charge in [0.25, 0.3) is 0 Å². The van der Waals surface area contributed by atoms with Crippen LogP contribution in [0.4, 0.5) is 16.3 Å². The summed E-state index contributed by atoms with van der Waals surface area (Å²) in [6.45, 7) is 6.02. The van der Waals surface area contributed by atoms with Crippen molar-refractivity contribution in [3.8, 4) is 11.3 Å². The third-order valence-corrected chi connectivity index (χ3v) is 4.15. The zero-order valence-electron chi connectivity index (χ0n) is 20.0. The van der Waals surface area contributed by atoms with Crippen molar-refractivity contribution in [2.45, 2.75) is 39.2 Å². The molecule has 0 atom stereocenters. The number of anilines is 2. The summed E-state index contributed by atoms with van der Waals surface area (Å²) in [5.74, 6) is -0.544. The van der Waals surface area contributed by atoms with Gasteiger partial charge in [-0.05, 0) is 39.3 Å². The molecule has 0 saturated carbocycles. The van der Waals surface area contributed by atoms with Gasteiger partial charge in [0.2, 0.25) is 0 Å². The Morgan fingerprint density at radius 3 is 2.55 bits per heavy atom. The number of aldehydes is 1. The molecule has 0 spiro atoms. The fourth-order valence-electron chi connectivity index (χ4n) is 2.46. The normalized spacial score (nSPS) is 10.4. The van der Waals surface area contributed by atoms with E-state index in [4.69, 9.17) is 10.5 Å². The van der Waals surface area contributed by atoms with Gasteiger partial charge in [0.1, 0.15) is 11.9 Å². The Hall–Kier alpha value is -3.69. The lowest BCUT2D eigenvalue weighted by Gasteiger charge is -2.24. The molecular weight excluding hydrogens is 426 g/mol. The van der Waals surface area contributed by atoms with E-state index < -0.39 is 11.6 Å². The highest BCUT2D eigenvalue weighted by Crippen LogP contribution is 2.21. The number of ether oxygens (including phenoxy) is 2. The first-order valence-electron chi connectivity index (χ1n) is 10.4. The Labute approximate surface area is 194 Å². The summed E-state index contributed by atoms with van der Waals surface area (Å²) in [5, 5.41) is 3.03. The summed E-state index contributed by atoms with van der Waals surface area (Å²) in [4.78, 5) is 42.6. The maximum Gasteiger partial charge on any atom is 0.410 e. The van der Waals surface area contributed by atoms with Crippen LogP contribution < -0.4 is 11.1 Å². The Morgan fingerprint density at radius 2 is 1.97 bits per heavy atom. The summed E-state index contributed by atoms with van der Waals surface area (Å²) >= 11 is 0. The molecule has 3 N–H and O–H groups in total. The van der Waals surface area contributed by atoms with E-state index in [0.29, 0.717) is 25.1 Å². The molecule has 1 heterocycles. The van der Waals surface area contributed by atoms with Crippen LogP contribution in [0.2, 0.25) is 0 Å². The van der Waals surface area contributed by atoms with Crippen molar-refractivity contribution < 1.29 is 23.9 Å². The van der Waals surface area contributed by atoms with Crippen LogP contribution in [0.15, 0.2) is 30.5 Å². The van der Waals surface area contributed by atoms with E-state index in [1.807, 2.05) is 52.1 Å². The third-order valence-electron chi connectivity index (χ3n) is 4.15. The smallest absolute Gasteiger partial charge is 0.410 e. The van der Waals surface area contributed by atoms with Gasteiger partial charge in [-0.25, -0.2) is 19.6 Å². The summed E-state index contributed by atoms with van der Waals surface area (Å²) in [6.07, 6.45) is 3.19. The van der Waals surface area contributed by atoms with Gasteiger partial charge in [-0.15, -0.1) is 0 Å². The first-order chi connectivity index (χ1) is 15.5. The summed E-state index contributed by atoms with van der Waals surface area (Å²) in [6, 6.07) is 7.59. The number of hydrogen-bond acceptors (Lipinski definition) is 9. The number of carbonyl (C=O) groups excluding carboxylic acids is 3. The number of benzene rings is 1. The molecule has 2 aromatic rings. The molecule has 0 aliphatic heterocycles. The lowest BCUT2D eigenvalue weighted by atomic mass is 10.1. The highest BCUT2D eigenvalue weighted by atomic mass is 16.6. The minimum Gasteiger partial charge on any atom is -0.464 e. The van der Waals surface area contributed by atoms with Gasteiger partial charge in [0, 0.05) is 38.3 Å². The summed E-state index contributed by atoms with van der Waals surface area (Å²) < 4.78 is 9.75. The highest BCUT2D eigenvalue weighted by molar-refractivity contribution is 5.92. The van der Waals surface area contributed by atoms with E-state index >= 15 is 0 Å². The predicted octanol–water partition coefficient (Wildman–Crippen LogP) is 3.39. The van der Waals surface area contributed by atoms with Crippen LogP contribution in [0.1, 0.15) is 44.1 Å². The van der Waals surface area contributed by atoms with Gasteiger partial charge in [0.05, 0.1) is 19.0 Å². The molecule has 1 aromatic heterocycles. The second-order valence-electron chi connectivity index (χ2n) is 8.02. The standard InChI is InChI=1S/C13H14N4O2.C10H19NO3/c1-15-9-5-3-4-8(6-9)10-7-16-12(14)11(17-10)13(18)19-2;1-10(2,3)14-9(13)11(4)7-5-6-8-12/h3-7,15H,1-2H3,(H2,14,16);8H,5-7H2,1-4H3. The van der Waals surface area contributed by atoms with Gasteiger partial charge in [-0.1, -0.05) is 12.1 Å². The van der Waals surface area contributed by atoms with Gasteiger partial charge in [-0.3, -0.25) is 0 Å². The largest absolute Gasteiger partial charge is 0.464 e. The van der Waals surface area contributed by atoms with E-state index in [2.05, 4.69) is 20.0 Å². The number of amides is 1. The van der Waals surface area contributed by atoms with Crippen LogP contribution in [0.25, 0.3) is 11.3 Å². The molecule has 0 aliphatic carbocycles. The molecule has 2 rings (SSSR count). The van der Waals surface area contributed by atoms with Crippen molar-refractivity contribution in [2.24, 2.45) is 0 Å². The maximum atomic E-state index is 11.5. The topological polar surface area (TPSA) is 137 Å². The molecule has 0 bridgehead atoms. The fraction of sp³-hybridized carbons (Fsp3) is 0.435. The number of rotatable bonds is 7. The van der Waals surface area contributed by atoms with E-state index in [1.165, 1.54) is 18.2 Å². The van der Waals surface area contributed by atoms with Crippen LogP contribution in [0, 0.1) is 0 Å². The first kappa shape index (κ1) is 27.3. The predicted molar refractivity (Wildman–Crippen MR) is 127 cm³/mol. The van der Waals surface area contributed by atoms with Gasteiger partial charge >= 0.3 is 12.1 Å². The number of carbonyl (C=O) groups is 3. The minimum absolute atomic E-state index is 0.0230. The van der Waals surface area contributed by atoms with Crippen molar-refractivity contribution in [3.05, 3.63) is 36.2 Å². The number of nitrogens with zero attached hydrogens (tertiary/aromatic N) is 3. The third kappa shape index (κ3) is 9.55. The number of nitrogen functional groups attached to an aromatic ring is 1. The lowest BCUT2D eigenvalue weighted by Crippen LogP contribution is -2.34. The maximum absolute atomic E-state index is 11.5. The number of unbranched alkanes of at least 4 members (excludes halogenated alkanes) is 1. The zero-order valence-corrected chi connectivity index (χ0v) is 20.0. The molecule has 0 unspecified atom stereocenters. The summed E-state index contributed by atoms with van der Waals surface area (Å²) in [7, 11) is 4.77. The van der Waals surface area contributed by atoms with Crippen LogP contribution in [0.5, 0.6) is 0 Å². The highest BCUT2D eigenvalue weighted by Gasteiger charge is 2.19. The number of methoxy groups -OCH3 is 1. The monoisotopic (exact) mass is 459 g/mol. The molecule has 0 aliphatic rings. The SMILES string of the molecule is CN(CCCC=O)C(=O)OC(C)(C)C.CNc1cccc(-c2cnc(N)c(C(=O)OC)n2)c1. The van der Waals surface area contributed by atoms with Crippen LogP contribution in [0.3, 0.4) is 0 Å². The van der Waals surface area contributed by atoms with Gasteiger partial charge in [0.15, 0.2) is 11.5 Å². The quantitative estimate of drug-likeness (QED) is 0.362. The number of aromatic nitrogens is 2. The molecule has 0 saturated heterocycles. The fourth-order valence-corrected chi connectivity index (χ4v) is 2.46. The minimum atomic E-state index is -0.600. The molecule has 10 heteroatoms. The molecule has 1 amide bonds. The number of hydrogen-bond donors (Lipinski definition) is 2. The van der Waals surface area contributed by atoms with Crippen molar-refractivity contribution in [1.29, 1.82) is 0 Å². The molecule has 0 fully saturated rings. The Bertz CT molecular complexity index is 943. The van der Waals surface area contributed by atoms with Crippen molar-refractivity contribution in [3.63, 3.8) is 0 Å². The van der Waals surface area contributed by atoms with E-state index in [9.17, 15) is 14.4 Å².